The minimum absolute atomic E-state index is 0. The third kappa shape index (κ3) is 9.96. The molecule has 4 heavy (non-hydrogen) atoms. The monoisotopic (exact) mass is 478 g/mol. The fraction of sp³-hybridized carbons (Fsp3) is 0. The summed E-state index contributed by atoms with van der Waals surface area (Å²) in [4.78, 5) is 0. The molecule has 0 aliphatic carbocycles. The minimum Gasteiger partial charge on any atom is 0 e. The Morgan fingerprint density at radius 2 is 1.00 bits per heavy atom. The topological polar surface area (TPSA) is 0 Å². The summed E-state index contributed by atoms with van der Waals surface area (Å²) in [7, 11) is 0. The quantitative estimate of drug-likeness (QED) is 0.395. The van der Waals surface area contributed by atoms with E-state index in [4.69, 9.17) is 0 Å². The van der Waals surface area contributed by atoms with Crippen LogP contribution in [-0.2, 0) is 26.2 Å². The molecule has 0 aromatic rings. The number of hydrogen-bond donors (Lipinski definition) is 0. The first-order valence-corrected chi connectivity index (χ1v) is 0. The van der Waals surface area contributed by atoms with E-state index < -0.39 is 0 Å². The summed E-state index contributed by atoms with van der Waals surface area (Å²) in [5, 5.41) is 0. The maximum Gasteiger partial charge on any atom is 0 e. The number of hydrogen-bond acceptors (Lipinski definition) is 0. The summed E-state index contributed by atoms with van der Waals surface area (Å²) >= 11 is 0. The van der Waals surface area contributed by atoms with E-state index in [1.165, 1.54) is 0 Å². The standard InChI is InChI=1S/La.Sr.Tb.Zr.2H. The van der Waals surface area contributed by atoms with Crippen molar-refractivity contribution in [2.45, 2.75) is 0 Å². The van der Waals surface area contributed by atoms with Gasteiger partial charge >= 0.3 is 45.5 Å². The van der Waals surface area contributed by atoms with E-state index in [-0.39, 0.29) is 146 Å². The van der Waals surface area contributed by atoms with Crippen LogP contribution in [-0.4, -0.2) is 45.5 Å². The maximum atomic E-state index is 0. The Hall–Kier alpha value is 4.84. The number of rotatable bonds is 0. The zero-order valence-electron chi connectivity index (χ0n) is 1.41. The molecule has 0 atom stereocenters. The van der Waals surface area contributed by atoms with Crippen LogP contribution in [0.25, 0.3) is 0 Å². The van der Waals surface area contributed by atoms with Crippen LogP contribution in [0.4, 0.5) is 0 Å². The molecule has 0 fully saturated rings. The molecule has 0 amide bonds. The van der Waals surface area contributed by atoms with Gasteiger partial charge in [0.1, 0.15) is 0 Å². The third-order valence-corrected chi connectivity index (χ3v) is 0. The van der Waals surface area contributed by atoms with E-state index in [1.807, 2.05) is 0 Å². The molecule has 0 aromatic heterocycles. The largest absolute Gasteiger partial charge is 0 e. The Labute approximate surface area is 141 Å². The fourth-order valence-corrected chi connectivity index (χ4v) is 0. The molecule has 0 saturated heterocycles. The second-order valence-corrected chi connectivity index (χ2v) is 0. The van der Waals surface area contributed by atoms with Gasteiger partial charge in [-0.05, 0) is 0 Å². The van der Waals surface area contributed by atoms with Crippen LogP contribution in [0.15, 0.2) is 0 Å². The van der Waals surface area contributed by atoms with Crippen LogP contribution >= 0.6 is 0 Å². The third-order valence-electron chi connectivity index (χ3n) is 0. The summed E-state index contributed by atoms with van der Waals surface area (Å²) in [5.74, 6) is 0. The van der Waals surface area contributed by atoms with Crippen molar-refractivity contribution < 1.29 is 100 Å². The Morgan fingerprint density at radius 1 is 1.00 bits per heavy atom. The van der Waals surface area contributed by atoms with Gasteiger partial charge in [0, 0.05) is 100 Å². The Morgan fingerprint density at radius 3 is 1.00 bits per heavy atom. The zero-order valence-corrected chi connectivity index (χ0v) is 9.63. The van der Waals surface area contributed by atoms with Gasteiger partial charge in [-0.3, -0.25) is 0 Å². The molecule has 0 nitrogen and oxygen atoms in total. The van der Waals surface area contributed by atoms with Gasteiger partial charge in [0.15, 0.2) is 0 Å². The molecule has 0 N–H and O–H groups in total. The maximum absolute atomic E-state index is 0. The van der Waals surface area contributed by atoms with Crippen molar-refractivity contribution in [3.05, 3.63) is 0 Å². The van der Waals surface area contributed by atoms with Crippen molar-refractivity contribution in [2.75, 3.05) is 0 Å². The van der Waals surface area contributed by atoms with Crippen molar-refractivity contribution in [3.8, 4) is 0 Å². The molecule has 0 heterocycles. The Kier molecular flexibility index (Phi) is 90.8. The first kappa shape index (κ1) is 23.2. The summed E-state index contributed by atoms with van der Waals surface area (Å²) in [6, 6.07) is 0. The molecule has 2 radical (unpaired) electrons. The molecule has 0 aliphatic heterocycles. The zero-order chi connectivity index (χ0) is 0. The first-order chi connectivity index (χ1) is 0. The molecule has 20 valence electrons. The molecule has 0 unspecified atom stereocenters. The van der Waals surface area contributed by atoms with Crippen molar-refractivity contribution >= 4 is 45.5 Å². The minimum atomic E-state index is 0. The van der Waals surface area contributed by atoms with Gasteiger partial charge in [0.25, 0.3) is 0 Å². The van der Waals surface area contributed by atoms with Gasteiger partial charge in [0.05, 0.1) is 0 Å². The van der Waals surface area contributed by atoms with Crippen molar-refractivity contribution in [3.63, 3.8) is 0 Å². The second kappa shape index (κ2) is 15.7. The Bertz CT molecular complexity index is 8.00. The second-order valence-electron chi connectivity index (χ2n) is 0. The summed E-state index contributed by atoms with van der Waals surface area (Å²) in [6.45, 7) is 0. The van der Waals surface area contributed by atoms with E-state index in [9.17, 15) is 0 Å². The summed E-state index contributed by atoms with van der Waals surface area (Å²) in [6.07, 6.45) is 0. The van der Waals surface area contributed by atoms with E-state index in [0.29, 0.717) is 0 Å². The molecule has 0 spiro atoms. The van der Waals surface area contributed by atoms with Crippen LogP contribution < -0.4 is 0 Å². The van der Waals surface area contributed by atoms with E-state index >= 15 is 0 Å². The summed E-state index contributed by atoms with van der Waals surface area (Å²) < 4.78 is 0. The molecule has 0 aromatic carbocycles. The molecular formula is H2LaSrTbZr. The van der Waals surface area contributed by atoms with Gasteiger partial charge in [-0.2, -0.15) is 0 Å². The van der Waals surface area contributed by atoms with Crippen LogP contribution in [0, 0.1) is 74.2 Å². The van der Waals surface area contributed by atoms with Gasteiger partial charge < -0.3 is 0 Å². The fourth-order valence-electron chi connectivity index (χ4n) is 0. The van der Waals surface area contributed by atoms with Crippen molar-refractivity contribution in [1.82, 2.24) is 0 Å². The molecule has 4 heteroatoms. The average molecular weight is 479 g/mol. The molecule has 0 saturated carbocycles. The molecule has 0 rings (SSSR count). The van der Waals surface area contributed by atoms with Crippen molar-refractivity contribution in [1.29, 1.82) is 0 Å². The van der Waals surface area contributed by atoms with Crippen LogP contribution in [0.2, 0.25) is 0 Å². The predicted octanol–water partition coefficient (Wildman–Crippen LogP) is -0.919. The molecule has 0 bridgehead atoms. The van der Waals surface area contributed by atoms with Crippen molar-refractivity contribution in [2.24, 2.45) is 0 Å². The summed E-state index contributed by atoms with van der Waals surface area (Å²) in [5.41, 5.74) is 0. The van der Waals surface area contributed by atoms with Crippen LogP contribution in [0.1, 0.15) is 0 Å². The van der Waals surface area contributed by atoms with Gasteiger partial charge in [-0.25, -0.2) is 0 Å². The van der Waals surface area contributed by atoms with Crippen LogP contribution in [0.3, 0.4) is 0 Å². The van der Waals surface area contributed by atoms with E-state index in [1.54, 1.807) is 0 Å². The molecular weight excluding hydrogens is 477 g/mol. The Balaban J connectivity index is 0. The van der Waals surface area contributed by atoms with Gasteiger partial charge in [-0.1, -0.05) is 0 Å². The average Bonchev–Trinajstić information content (AvgIpc) is 0. The molecule has 0 aliphatic rings. The van der Waals surface area contributed by atoms with Gasteiger partial charge in [0.2, 0.25) is 0 Å². The van der Waals surface area contributed by atoms with E-state index in [0.717, 1.165) is 0 Å². The van der Waals surface area contributed by atoms with E-state index in [2.05, 4.69) is 0 Å². The predicted molar refractivity (Wildman–Crippen MR) is 8.54 cm³/mol. The normalized spacial score (nSPS) is 0. The SMILES string of the molecule is [La].[SrH2].[Tb].[Zr]. The van der Waals surface area contributed by atoms with Crippen LogP contribution in [0.5, 0.6) is 0 Å². The van der Waals surface area contributed by atoms with Gasteiger partial charge in [-0.15, -0.1) is 0 Å². The smallest absolute Gasteiger partial charge is 0 e. The first-order valence-electron chi connectivity index (χ1n) is 0.